The van der Waals surface area contributed by atoms with Gasteiger partial charge in [-0.1, -0.05) is 58.8 Å². The molecule has 0 radical (unpaired) electrons. The van der Waals surface area contributed by atoms with E-state index < -0.39 is 0 Å². The Labute approximate surface area is 117 Å². The first-order chi connectivity index (χ1) is 9.22. The normalized spacial score (nSPS) is 15.1. The average Bonchev–Trinajstić information content (AvgIpc) is 2.42. The highest BCUT2D eigenvalue weighted by atomic mass is 16.2. The van der Waals surface area contributed by atoms with E-state index in [0.717, 1.165) is 25.7 Å². The number of unbranched alkanes of at least 4 members (excludes halogenated alkanes) is 7. The number of hydrogen-bond donors (Lipinski definition) is 0. The van der Waals surface area contributed by atoms with E-state index in [2.05, 4.69) is 13.8 Å². The minimum Gasteiger partial charge on any atom is -0.247 e. The number of carbonyl (C=O) groups excluding carboxylic acids is 2. The second kappa shape index (κ2) is 8.94. The van der Waals surface area contributed by atoms with E-state index in [4.69, 9.17) is 0 Å². The van der Waals surface area contributed by atoms with Crippen molar-refractivity contribution in [2.75, 3.05) is 13.1 Å². The molecule has 1 fully saturated rings. The van der Waals surface area contributed by atoms with Crippen LogP contribution in [0.5, 0.6) is 0 Å². The minimum absolute atomic E-state index is 0.0861. The molecule has 19 heavy (non-hydrogen) atoms. The van der Waals surface area contributed by atoms with Gasteiger partial charge < -0.3 is 0 Å². The van der Waals surface area contributed by atoms with Crippen LogP contribution in [0.4, 0.5) is 9.59 Å². The van der Waals surface area contributed by atoms with Gasteiger partial charge in [0.1, 0.15) is 0 Å². The SMILES string of the molecule is CCCCCCCN1C(=O)N(CCCCCC)C1=O. The zero-order chi connectivity index (χ0) is 14.1. The second-order valence-corrected chi connectivity index (χ2v) is 5.34. The predicted octanol–water partition coefficient (Wildman–Crippen LogP) is 4.39. The highest BCUT2D eigenvalue weighted by Crippen LogP contribution is 2.18. The minimum atomic E-state index is -0.0861. The Kier molecular flexibility index (Phi) is 7.53. The fourth-order valence-corrected chi connectivity index (χ4v) is 2.36. The monoisotopic (exact) mass is 268 g/mol. The molecule has 0 bridgehead atoms. The van der Waals surface area contributed by atoms with Crippen molar-refractivity contribution < 1.29 is 9.59 Å². The van der Waals surface area contributed by atoms with Crippen LogP contribution in [0.25, 0.3) is 0 Å². The van der Waals surface area contributed by atoms with E-state index in [-0.39, 0.29) is 12.1 Å². The smallest absolute Gasteiger partial charge is 0.247 e. The van der Waals surface area contributed by atoms with Crippen molar-refractivity contribution in [1.29, 1.82) is 0 Å². The highest BCUT2D eigenvalue weighted by molar-refractivity contribution is 6.11. The number of urea groups is 2. The third-order valence-corrected chi connectivity index (χ3v) is 3.64. The summed E-state index contributed by atoms with van der Waals surface area (Å²) in [6, 6.07) is -0.172. The van der Waals surface area contributed by atoms with Gasteiger partial charge in [-0.3, -0.25) is 0 Å². The quantitative estimate of drug-likeness (QED) is 0.521. The molecule has 0 aromatic heterocycles. The summed E-state index contributed by atoms with van der Waals surface area (Å²) in [4.78, 5) is 26.4. The molecule has 1 saturated heterocycles. The lowest BCUT2D eigenvalue weighted by atomic mass is 10.1. The lowest BCUT2D eigenvalue weighted by Crippen LogP contribution is -2.64. The van der Waals surface area contributed by atoms with E-state index in [1.807, 2.05) is 0 Å². The topological polar surface area (TPSA) is 40.6 Å². The number of hydrogen-bond acceptors (Lipinski definition) is 2. The molecule has 1 rings (SSSR count). The Morgan fingerprint density at radius 1 is 0.632 bits per heavy atom. The van der Waals surface area contributed by atoms with Gasteiger partial charge in [-0.05, 0) is 12.8 Å². The zero-order valence-corrected chi connectivity index (χ0v) is 12.5. The van der Waals surface area contributed by atoms with Gasteiger partial charge in [0, 0.05) is 13.1 Å². The van der Waals surface area contributed by atoms with Crippen LogP contribution in [0.2, 0.25) is 0 Å². The summed E-state index contributed by atoms with van der Waals surface area (Å²) in [7, 11) is 0. The van der Waals surface area contributed by atoms with Crippen LogP contribution in [0, 0.1) is 0 Å². The molecule has 1 heterocycles. The lowest BCUT2D eigenvalue weighted by molar-refractivity contribution is 0.104. The van der Waals surface area contributed by atoms with Gasteiger partial charge in [0.25, 0.3) is 0 Å². The third-order valence-electron chi connectivity index (χ3n) is 3.64. The predicted molar refractivity (Wildman–Crippen MR) is 77.1 cm³/mol. The van der Waals surface area contributed by atoms with Gasteiger partial charge in [-0.15, -0.1) is 0 Å². The van der Waals surface area contributed by atoms with Crippen molar-refractivity contribution in [3.63, 3.8) is 0 Å². The summed E-state index contributed by atoms with van der Waals surface area (Å²) in [5.41, 5.74) is 0. The standard InChI is InChI=1S/C15H28N2O2/c1-3-5-7-9-11-13-17-14(18)16(15(17)19)12-10-8-6-4-2/h3-13H2,1-2H3. The first-order valence-corrected chi connectivity index (χ1v) is 7.85. The van der Waals surface area contributed by atoms with E-state index in [9.17, 15) is 9.59 Å². The van der Waals surface area contributed by atoms with E-state index in [0.29, 0.717) is 13.1 Å². The summed E-state index contributed by atoms with van der Waals surface area (Å²) < 4.78 is 0. The summed E-state index contributed by atoms with van der Waals surface area (Å²) in [5, 5.41) is 0. The van der Waals surface area contributed by atoms with Crippen molar-refractivity contribution in [3.05, 3.63) is 0 Å². The molecule has 0 saturated carbocycles. The van der Waals surface area contributed by atoms with Crippen LogP contribution >= 0.6 is 0 Å². The fraction of sp³-hybridized carbons (Fsp3) is 0.867. The molecule has 1 aliphatic rings. The molecule has 110 valence electrons. The van der Waals surface area contributed by atoms with Crippen molar-refractivity contribution in [1.82, 2.24) is 9.80 Å². The number of imide groups is 2. The first kappa shape index (κ1) is 16.0. The molecular weight excluding hydrogens is 240 g/mol. The maximum Gasteiger partial charge on any atom is 0.336 e. The molecule has 0 aromatic carbocycles. The van der Waals surface area contributed by atoms with Gasteiger partial charge in [-0.25, -0.2) is 19.4 Å². The average molecular weight is 268 g/mol. The van der Waals surface area contributed by atoms with Crippen molar-refractivity contribution in [2.24, 2.45) is 0 Å². The summed E-state index contributed by atoms with van der Waals surface area (Å²) in [6.07, 6.45) is 10.1. The van der Waals surface area contributed by atoms with Gasteiger partial charge in [0.05, 0.1) is 0 Å². The molecule has 0 N–H and O–H groups in total. The second-order valence-electron chi connectivity index (χ2n) is 5.34. The zero-order valence-electron chi connectivity index (χ0n) is 12.5. The Hall–Kier alpha value is -1.06. The van der Waals surface area contributed by atoms with Gasteiger partial charge in [0.15, 0.2) is 0 Å². The Balaban J connectivity index is 2.12. The van der Waals surface area contributed by atoms with Gasteiger partial charge in [0.2, 0.25) is 0 Å². The molecule has 0 aliphatic carbocycles. The van der Waals surface area contributed by atoms with Gasteiger partial charge in [-0.2, -0.15) is 0 Å². The van der Waals surface area contributed by atoms with E-state index in [1.54, 1.807) is 0 Å². The third kappa shape index (κ3) is 4.84. The van der Waals surface area contributed by atoms with Crippen LogP contribution < -0.4 is 0 Å². The maximum atomic E-state index is 11.8. The van der Waals surface area contributed by atoms with Crippen LogP contribution in [-0.2, 0) is 0 Å². The summed E-state index contributed by atoms with van der Waals surface area (Å²) in [5.74, 6) is 0. The first-order valence-electron chi connectivity index (χ1n) is 7.85. The van der Waals surface area contributed by atoms with Crippen molar-refractivity contribution in [3.8, 4) is 0 Å². The van der Waals surface area contributed by atoms with E-state index >= 15 is 0 Å². The Bertz CT molecular complexity index is 276. The summed E-state index contributed by atoms with van der Waals surface area (Å²) >= 11 is 0. The Morgan fingerprint density at radius 2 is 1.00 bits per heavy atom. The number of carbonyl (C=O) groups is 2. The lowest BCUT2D eigenvalue weighted by Gasteiger charge is -2.39. The molecule has 4 nitrogen and oxygen atoms in total. The molecule has 0 unspecified atom stereocenters. The number of nitrogens with zero attached hydrogens (tertiary/aromatic N) is 2. The fourth-order valence-electron chi connectivity index (χ4n) is 2.36. The van der Waals surface area contributed by atoms with E-state index in [1.165, 1.54) is 41.9 Å². The molecule has 4 heteroatoms. The van der Waals surface area contributed by atoms with Crippen LogP contribution in [-0.4, -0.2) is 35.0 Å². The van der Waals surface area contributed by atoms with Crippen molar-refractivity contribution in [2.45, 2.75) is 71.6 Å². The molecule has 0 spiro atoms. The largest absolute Gasteiger partial charge is 0.336 e. The Morgan fingerprint density at radius 3 is 1.42 bits per heavy atom. The van der Waals surface area contributed by atoms with Crippen LogP contribution in [0.3, 0.4) is 0 Å². The molecule has 0 atom stereocenters. The highest BCUT2D eigenvalue weighted by Gasteiger charge is 2.42. The van der Waals surface area contributed by atoms with Gasteiger partial charge >= 0.3 is 12.1 Å². The number of rotatable bonds is 11. The molecular formula is C15H28N2O2. The number of amides is 4. The summed E-state index contributed by atoms with van der Waals surface area (Å²) in [6.45, 7) is 5.54. The maximum absolute atomic E-state index is 11.8. The molecule has 1 aliphatic heterocycles. The molecule has 4 amide bonds. The van der Waals surface area contributed by atoms with Crippen LogP contribution in [0.1, 0.15) is 71.6 Å². The van der Waals surface area contributed by atoms with Crippen molar-refractivity contribution >= 4 is 12.1 Å². The molecule has 0 aromatic rings. The van der Waals surface area contributed by atoms with Crippen LogP contribution in [0.15, 0.2) is 0 Å².